The first kappa shape index (κ1) is 15.6. The molecule has 4 nitrogen and oxygen atoms in total. The maximum Gasteiger partial charge on any atom is 0.251 e. The average Bonchev–Trinajstić information content (AvgIpc) is 2.98. The molecule has 0 aliphatic heterocycles. The Bertz CT molecular complexity index is 762. The van der Waals surface area contributed by atoms with Crippen LogP contribution in [-0.4, -0.2) is 28.7 Å². The van der Waals surface area contributed by atoms with Gasteiger partial charge < -0.3 is 10.3 Å². The van der Waals surface area contributed by atoms with Crippen molar-refractivity contribution in [2.45, 2.75) is 12.2 Å². The van der Waals surface area contributed by atoms with Gasteiger partial charge in [-0.3, -0.25) is 4.79 Å². The molecule has 1 heterocycles. The highest BCUT2D eigenvalue weighted by Gasteiger charge is 2.06. The minimum absolute atomic E-state index is 0.0446. The van der Waals surface area contributed by atoms with Crippen LogP contribution in [0, 0.1) is 0 Å². The largest absolute Gasteiger partial charge is 0.352 e. The van der Waals surface area contributed by atoms with Crippen molar-refractivity contribution in [3.63, 3.8) is 0 Å². The average molecular weight is 325 g/mol. The van der Waals surface area contributed by atoms with Crippen LogP contribution in [-0.2, 0) is 12.2 Å². The molecule has 0 unspecified atom stereocenters. The van der Waals surface area contributed by atoms with E-state index >= 15 is 0 Å². The summed E-state index contributed by atoms with van der Waals surface area (Å²) in [5, 5.41) is 2.94. The number of aromatic nitrogens is 2. The summed E-state index contributed by atoms with van der Waals surface area (Å²) in [7, 11) is 0. The van der Waals surface area contributed by atoms with Crippen LogP contribution in [0.5, 0.6) is 0 Å². The number of hydrogen-bond acceptors (Lipinski definition) is 3. The predicted octanol–water partition coefficient (Wildman–Crippen LogP) is 3.40. The van der Waals surface area contributed by atoms with E-state index in [-0.39, 0.29) is 5.91 Å². The van der Waals surface area contributed by atoms with Crippen LogP contribution in [0.2, 0.25) is 0 Å². The smallest absolute Gasteiger partial charge is 0.251 e. The number of rotatable bonds is 6. The topological polar surface area (TPSA) is 57.8 Å². The molecule has 0 fully saturated rings. The van der Waals surface area contributed by atoms with Gasteiger partial charge in [-0.15, -0.1) is 0 Å². The van der Waals surface area contributed by atoms with E-state index in [1.807, 2.05) is 48.5 Å². The molecule has 3 aromatic rings. The Morgan fingerprint density at radius 1 is 1.17 bits per heavy atom. The number of fused-ring (bicyclic) bond motifs is 1. The van der Waals surface area contributed by atoms with E-state index in [9.17, 15) is 4.79 Å². The van der Waals surface area contributed by atoms with E-state index in [1.54, 1.807) is 11.8 Å². The van der Waals surface area contributed by atoms with Gasteiger partial charge >= 0.3 is 0 Å². The van der Waals surface area contributed by atoms with Crippen molar-refractivity contribution < 1.29 is 4.79 Å². The fraction of sp³-hybridized carbons (Fsp3) is 0.222. The summed E-state index contributed by atoms with van der Waals surface area (Å²) in [6, 6.07) is 15.7. The molecule has 2 aromatic carbocycles. The van der Waals surface area contributed by atoms with Crippen molar-refractivity contribution in [1.29, 1.82) is 0 Å². The molecule has 5 heteroatoms. The second kappa shape index (κ2) is 7.33. The van der Waals surface area contributed by atoms with Crippen LogP contribution < -0.4 is 5.32 Å². The van der Waals surface area contributed by atoms with E-state index in [4.69, 9.17) is 0 Å². The zero-order chi connectivity index (χ0) is 16.1. The number of H-pyrrole nitrogens is 1. The van der Waals surface area contributed by atoms with Gasteiger partial charge in [-0.25, -0.2) is 4.98 Å². The van der Waals surface area contributed by atoms with E-state index in [2.05, 4.69) is 21.5 Å². The summed E-state index contributed by atoms with van der Waals surface area (Å²) in [6.07, 6.45) is 2.75. The second-order valence-corrected chi connectivity index (χ2v) is 6.20. The fourth-order valence-corrected chi connectivity index (χ4v) is 2.97. The Hall–Kier alpha value is -2.27. The Morgan fingerprint density at radius 3 is 2.70 bits per heavy atom. The van der Waals surface area contributed by atoms with Gasteiger partial charge in [0.1, 0.15) is 5.82 Å². The number of hydrogen-bond donors (Lipinski definition) is 2. The Morgan fingerprint density at radius 2 is 1.96 bits per heavy atom. The summed E-state index contributed by atoms with van der Waals surface area (Å²) in [5.74, 6) is 1.81. The Balaban J connectivity index is 1.54. The molecule has 3 rings (SSSR count). The molecule has 118 valence electrons. The molecule has 0 aliphatic carbocycles. The summed E-state index contributed by atoms with van der Waals surface area (Å²) in [6.45, 7) is 0.561. The van der Waals surface area contributed by atoms with Crippen LogP contribution in [0.15, 0.2) is 48.5 Å². The first-order chi connectivity index (χ1) is 11.3. The second-order valence-electron chi connectivity index (χ2n) is 5.34. The van der Waals surface area contributed by atoms with Crippen molar-refractivity contribution in [3.05, 3.63) is 65.5 Å². The van der Waals surface area contributed by atoms with Gasteiger partial charge in [-0.2, -0.15) is 11.8 Å². The normalized spacial score (nSPS) is 10.8. The highest BCUT2D eigenvalue weighted by atomic mass is 32.2. The molecule has 0 bridgehead atoms. The molecular formula is C18H19N3OS. The monoisotopic (exact) mass is 325 g/mol. The van der Waals surface area contributed by atoms with E-state index in [1.165, 1.54) is 5.56 Å². The molecule has 0 spiro atoms. The third kappa shape index (κ3) is 3.93. The van der Waals surface area contributed by atoms with Crippen molar-refractivity contribution in [3.8, 4) is 0 Å². The van der Waals surface area contributed by atoms with Crippen molar-refractivity contribution in [1.82, 2.24) is 15.3 Å². The van der Waals surface area contributed by atoms with Crippen LogP contribution in [0.3, 0.4) is 0 Å². The van der Waals surface area contributed by atoms with Gasteiger partial charge in [0.25, 0.3) is 5.91 Å². The van der Waals surface area contributed by atoms with Crippen LogP contribution >= 0.6 is 11.8 Å². The van der Waals surface area contributed by atoms with Crippen LogP contribution in [0.4, 0.5) is 0 Å². The SMILES string of the molecule is CSCc1ccc(C(=O)NCCc2nc3ccccc3[nH]2)cc1. The lowest BCUT2D eigenvalue weighted by atomic mass is 10.1. The minimum atomic E-state index is -0.0446. The molecule has 1 aromatic heterocycles. The summed E-state index contributed by atoms with van der Waals surface area (Å²) < 4.78 is 0. The standard InChI is InChI=1S/C18H19N3OS/c1-23-12-13-6-8-14(9-7-13)18(22)19-11-10-17-20-15-4-2-3-5-16(15)21-17/h2-9H,10-12H2,1H3,(H,19,22)(H,20,21). The number of thioether (sulfide) groups is 1. The third-order valence-corrected chi connectivity index (χ3v) is 4.23. The molecular weight excluding hydrogens is 306 g/mol. The van der Waals surface area contributed by atoms with Gasteiger partial charge in [-0.05, 0) is 36.1 Å². The number of benzene rings is 2. The fourth-order valence-electron chi connectivity index (χ4n) is 2.44. The summed E-state index contributed by atoms with van der Waals surface area (Å²) >= 11 is 1.77. The van der Waals surface area contributed by atoms with Crippen LogP contribution in [0.25, 0.3) is 11.0 Å². The van der Waals surface area contributed by atoms with Crippen molar-refractivity contribution in [2.24, 2.45) is 0 Å². The van der Waals surface area contributed by atoms with Crippen molar-refractivity contribution in [2.75, 3.05) is 12.8 Å². The van der Waals surface area contributed by atoms with Gasteiger partial charge in [0.15, 0.2) is 0 Å². The van der Waals surface area contributed by atoms with Gasteiger partial charge in [0.2, 0.25) is 0 Å². The number of nitrogens with zero attached hydrogens (tertiary/aromatic N) is 1. The van der Waals surface area contributed by atoms with E-state index in [0.29, 0.717) is 18.5 Å². The lowest BCUT2D eigenvalue weighted by Gasteiger charge is -2.05. The molecule has 0 saturated carbocycles. The molecule has 0 radical (unpaired) electrons. The number of aromatic amines is 1. The maximum atomic E-state index is 12.1. The Labute approximate surface area is 139 Å². The quantitative estimate of drug-likeness (QED) is 0.730. The highest BCUT2D eigenvalue weighted by molar-refractivity contribution is 7.97. The lowest BCUT2D eigenvalue weighted by Crippen LogP contribution is -2.25. The highest BCUT2D eigenvalue weighted by Crippen LogP contribution is 2.11. The zero-order valence-electron chi connectivity index (χ0n) is 13.0. The molecule has 0 aliphatic rings. The maximum absolute atomic E-state index is 12.1. The minimum Gasteiger partial charge on any atom is -0.352 e. The van der Waals surface area contributed by atoms with Gasteiger partial charge in [0.05, 0.1) is 11.0 Å². The number of imidazole rings is 1. The summed E-state index contributed by atoms with van der Waals surface area (Å²) in [5.41, 5.74) is 3.91. The van der Waals surface area contributed by atoms with E-state index in [0.717, 1.165) is 22.6 Å². The zero-order valence-corrected chi connectivity index (χ0v) is 13.8. The molecule has 23 heavy (non-hydrogen) atoms. The Kier molecular flexibility index (Phi) is 4.98. The first-order valence-electron chi connectivity index (χ1n) is 7.56. The first-order valence-corrected chi connectivity index (χ1v) is 8.95. The number of nitrogens with one attached hydrogen (secondary N) is 2. The number of carbonyl (C=O) groups is 1. The van der Waals surface area contributed by atoms with Gasteiger partial charge in [0, 0.05) is 24.3 Å². The molecule has 1 amide bonds. The number of carbonyl (C=O) groups excluding carboxylic acids is 1. The van der Waals surface area contributed by atoms with Crippen LogP contribution in [0.1, 0.15) is 21.7 Å². The summed E-state index contributed by atoms with van der Waals surface area (Å²) in [4.78, 5) is 19.9. The van der Waals surface area contributed by atoms with Gasteiger partial charge in [-0.1, -0.05) is 24.3 Å². The number of para-hydroxylation sites is 2. The third-order valence-electron chi connectivity index (χ3n) is 3.61. The predicted molar refractivity (Wildman–Crippen MR) is 95.8 cm³/mol. The van der Waals surface area contributed by atoms with Crippen molar-refractivity contribution >= 4 is 28.7 Å². The molecule has 0 atom stereocenters. The number of amides is 1. The molecule has 0 saturated heterocycles. The lowest BCUT2D eigenvalue weighted by molar-refractivity contribution is 0.0954. The molecule has 2 N–H and O–H groups in total. The van der Waals surface area contributed by atoms with E-state index < -0.39 is 0 Å².